The highest BCUT2D eigenvalue weighted by atomic mass is 16.3. The van der Waals surface area contributed by atoms with Crippen molar-refractivity contribution in [2.45, 2.75) is 136 Å². The number of rotatable bonds is 4. The maximum Gasteiger partial charge on any atom is 0.128 e. The van der Waals surface area contributed by atoms with Crippen LogP contribution in [-0.4, -0.2) is 34.7 Å². The number of phenolic OH excluding ortho intramolecular Hbond substituents is 2. The minimum Gasteiger partial charge on any atom is -0.507 e. The van der Waals surface area contributed by atoms with Gasteiger partial charge in [0, 0.05) is 34.7 Å². The lowest BCUT2D eigenvalue weighted by atomic mass is 9.79. The molecule has 0 heterocycles. The van der Waals surface area contributed by atoms with Crippen LogP contribution < -0.4 is 0 Å². The van der Waals surface area contributed by atoms with Crippen molar-refractivity contribution < 1.29 is 10.2 Å². The van der Waals surface area contributed by atoms with E-state index < -0.39 is 0 Å². The Morgan fingerprint density at radius 3 is 1.20 bits per heavy atom. The average molecular weight is 559 g/mol. The molecule has 0 radical (unpaired) electrons. The number of aliphatic imine (C=N–C) groups is 2. The molecular formula is C37H54N2O2. The zero-order chi connectivity index (χ0) is 30.7. The second-order valence-electron chi connectivity index (χ2n) is 16.8. The quantitative estimate of drug-likeness (QED) is 0.368. The normalized spacial score (nSPS) is 23.8. The smallest absolute Gasteiger partial charge is 0.128 e. The number of hydrogen-bond donors (Lipinski definition) is 2. The Kier molecular flexibility index (Phi) is 8.08. The van der Waals surface area contributed by atoms with Crippen LogP contribution in [0.25, 0.3) is 0 Å². The summed E-state index contributed by atoms with van der Waals surface area (Å²) in [5.74, 6) is 1.67. The van der Waals surface area contributed by atoms with Crippen molar-refractivity contribution in [3.8, 4) is 11.5 Å². The van der Waals surface area contributed by atoms with E-state index in [9.17, 15) is 10.2 Å². The van der Waals surface area contributed by atoms with Gasteiger partial charge in [-0.25, -0.2) is 0 Å². The maximum absolute atomic E-state index is 11.3. The van der Waals surface area contributed by atoms with Gasteiger partial charge in [-0.05, 0) is 76.0 Å². The summed E-state index contributed by atoms with van der Waals surface area (Å²) >= 11 is 0. The first-order valence-corrected chi connectivity index (χ1v) is 15.5. The number of aromatic hydroxyl groups is 2. The van der Waals surface area contributed by atoms with Crippen molar-refractivity contribution in [1.29, 1.82) is 0 Å². The molecule has 2 aromatic carbocycles. The molecule has 0 aliphatic heterocycles. The third-order valence-electron chi connectivity index (χ3n) is 9.23. The first-order chi connectivity index (χ1) is 18.7. The van der Waals surface area contributed by atoms with E-state index in [0.717, 1.165) is 28.7 Å². The van der Waals surface area contributed by atoms with Crippen LogP contribution in [0.4, 0.5) is 0 Å². The summed E-state index contributed by atoms with van der Waals surface area (Å²) in [6, 6.07) is 8.67. The molecule has 2 bridgehead atoms. The van der Waals surface area contributed by atoms with E-state index in [1.165, 1.54) is 24.0 Å². The summed E-state index contributed by atoms with van der Waals surface area (Å²) in [5.41, 5.74) is 5.47. The second-order valence-corrected chi connectivity index (χ2v) is 16.8. The zero-order valence-corrected chi connectivity index (χ0v) is 27.7. The number of fused-ring (bicyclic) bond motifs is 2. The van der Waals surface area contributed by atoms with E-state index in [2.05, 4.69) is 107 Å². The summed E-state index contributed by atoms with van der Waals surface area (Å²) in [6.45, 7) is 26.1. The molecule has 0 unspecified atom stereocenters. The first-order valence-electron chi connectivity index (χ1n) is 15.5. The van der Waals surface area contributed by atoms with Crippen molar-refractivity contribution in [2.24, 2.45) is 21.8 Å². The lowest BCUT2D eigenvalue weighted by Gasteiger charge is -2.28. The Morgan fingerprint density at radius 1 is 0.561 bits per heavy atom. The van der Waals surface area contributed by atoms with Gasteiger partial charge in [-0.2, -0.15) is 0 Å². The molecule has 4 heteroatoms. The molecular weight excluding hydrogens is 504 g/mol. The highest BCUT2D eigenvalue weighted by Crippen LogP contribution is 2.48. The fourth-order valence-electron chi connectivity index (χ4n) is 6.50. The highest BCUT2D eigenvalue weighted by molar-refractivity contribution is 5.86. The van der Waals surface area contributed by atoms with Gasteiger partial charge in [0.05, 0.1) is 12.1 Å². The van der Waals surface area contributed by atoms with E-state index in [4.69, 9.17) is 9.98 Å². The van der Waals surface area contributed by atoms with E-state index in [1.54, 1.807) is 0 Å². The summed E-state index contributed by atoms with van der Waals surface area (Å²) in [6.07, 6.45) is 7.32. The molecule has 2 aromatic rings. The van der Waals surface area contributed by atoms with Crippen molar-refractivity contribution in [3.63, 3.8) is 0 Å². The summed E-state index contributed by atoms with van der Waals surface area (Å²) in [4.78, 5) is 10.3. The second kappa shape index (κ2) is 10.6. The van der Waals surface area contributed by atoms with Crippen LogP contribution in [0.15, 0.2) is 34.3 Å². The monoisotopic (exact) mass is 558 g/mol. The molecule has 2 aliphatic carbocycles. The molecule has 2 fully saturated rings. The summed E-state index contributed by atoms with van der Waals surface area (Å²) in [7, 11) is 0. The molecule has 0 saturated heterocycles. The Balaban J connectivity index is 1.72. The minimum absolute atomic E-state index is 0.0367. The standard InChI is InChI=1S/C37H54N2O2/c1-34(2,3)26-16-24(32(40)28(18-26)36(7,8)9)20-38-30-22-13-14-23(15-22)31(30)39-21-25-17-27(35(4,5)6)19-29(33(25)41)37(10,11)12/h16-23,30-31,40-41H,13-15H2,1-12H3/t22-,23+,30-,31-/m1/s1. The van der Waals surface area contributed by atoms with Crippen molar-refractivity contribution >= 4 is 12.4 Å². The Hall–Kier alpha value is -2.62. The number of nitrogens with zero attached hydrogens (tertiary/aromatic N) is 2. The third-order valence-corrected chi connectivity index (χ3v) is 9.23. The van der Waals surface area contributed by atoms with Gasteiger partial charge in [0.25, 0.3) is 0 Å². The van der Waals surface area contributed by atoms with Crippen LogP contribution in [0.3, 0.4) is 0 Å². The molecule has 2 N–H and O–H groups in total. The largest absolute Gasteiger partial charge is 0.507 e. The molecule has 0 aromatic heterocycles. The fraction of sp³-hybridized carbons (Fsp3) is 0.622. The topological polar surface area (TPSA) is 65.2 Å². The Labute approximate surface area is 249 Å². The lowest BCUT2D eigenvalue weighted by Crippen LogP contribution is -2.30. The van der Waals surface area contributed by atoms with Crippen LogP contribution in [0.1, 0.15) is 136 Å². The number of hydrogen-bond acceptors (Lipinski definition) is 4. The SMILES string of the molecule is CC(C)(C)c1cc(C=N[C@@H]2[C@@H]3CC[C@@H](C3)[C@H]2N=Cc2cc(C(C)(C)C)cc(C(C)(C)C)c2O)c(O)c(C(C)(C)C)c1. The summed E-state index contributed by atoms with van der Waals surface area (Å²) < 4.78 is 0. The van der Waals surface area contributed by atoms with Crippen LogP contribution in [-0.2, 0) is 21.7 Å². The molecule has 4 atom stereocenters. The molecule has 41 heavy (non-hydrogen) atoms. The summed E-state index contributed by atoms with van der Waals surface area (Å²) in [5, 5.41) is 22.6. The lowest BCUT2D eigenvalue weighted by molar-refractivity contribution is 0.370. The average Bonchev–Trinajstić information content (AvgIpc) is 3.41. The molecule has 4 nitrogen and oxygen atoms in total. The number of benzene rings is 2. The van der Waals surface area contributed by atoms with Gasteiger partial charge in [0.1, 0.15) is 11.5 Å². The van der Waals surface area contributed by atoms with Crippen molar-refractivity contribution in [1.82, 2.24) is 0 Å². The maximum atomic E-state index is 11.3. The van der Waals surface area contributed by atoms with E-state index >= 15 is 0 Å². The number of phenols is 2. The van der Waals surface area contributed by atoms with Gasteiger partial charge in [0.15, 0.2) is 0 Å². The van der Waals surface area contributed by atoms with Gasteiger partial charge in [-0.15, -0.1) is 0 Å². The van der Waals surface area contributed by atoms with Gasteiger partial charge in [-0.3, -0.25) is 9.98 Å². The Morgan fingerprint density at radius 2 is 0.902 bits per heavy atom. The minimum atomic E-state index is -0.178. The van der Waals surface area contributed by atoms with E-state index in [-0.39, 0.29) is 33.7 Å². The fourth-order valence-corrected chi connectivity index (χ4v) is 6.50. The van der Waals surface area contributed by atoms with E-state index in [1.807, 2.05) is 12.4 Å². The molecule has 0 amide bonds. The van der Waals surface area contributed by atoms with Gasteiger partial charge in [-0.1, -0.05) is 95.2 Å². The molecule has 4 rings (SSSR count). The Bertz CT molecular complexity index is 1240. The van der Waals surface area contributed by atoms with E-state index in [0.29, 0.717) is 23.3 Å². The zero-order valence-electron chi connectivity index (χ0n) is 27.7. The van der Waals surface area contributed by atoms with Crippen LogP contribution in [0, 0.1) is 11.8 Å². The first kappa shape index (κ1) is 31.3. The van der Waals surface area contributed by atoms with Gasteiger partial charge in [0.2, 0.25) is 0 Å². The van der Waals surface area contributed by atoms with Gasteiger partial charge < -0.3 is 10.2 Å². The molecule has 2 saturated carbocycles. The predicted octanol–water partition coefficient (Wildman–Crippen LogP) is 8.99. The van der Waals surface area contributed by atoms with Crippen molar-refractivity contribution in [3.05, 3.63) is 57.6 Å². The molecule has 2 aliphatic rings. The molecule has 0 spiro atoms. The highest BCUT2D eigenvalue weighted by Gasteiger charge is 2.47. The van der Waals surface area contributed by atoms with Gasteiger partial charge >= 0.3 is 0 Å². The van der Waals surface area contributed by atoms with Crippen LogP contribution in [0.2, 0.25) is 0 Å². The van der Waals surface area contributed by atoms with Crippen LogP contribution >= 0.6 is 0 Å². The predicted molar refractivity (Wildman–Crippen MR) is 175 cm³/mol. The van der Waals surface area contributed by atoms with Crippen molar-refractivity contribution in [2.75, 3.05) is 0 Å². The van der Waals surface area contributed by atoms with Crippen LogP contribution in [0.5, 0.6) is 11.5 Å². The molecule has 224 valence electrons. The third kappa shape index (κ3) is 6.57.